The molecular weight excluding hydrogens is 286 g/mol. The van der Waals surface area contributed by atoms with Crippen molar-refractivity contribution in [3.63, 3.8) is 0 Å². The number of halogens is 1. The minimum atomic E-state index is -3.13. The highest BCUT2D eigenvalue weighted by molar-refractivity contribution is 7.98. The van der Waals surface area contributed by atoms with E-state index in [9.17, 15) is 13.2 Å². The maximum atomic E-state index is 11.3. The Morgan fingerprint density at radius 1 is 1.59 bits per heavy atom. The van der Waals surface area contributed by atoms with Gasteiger partial charge in [-0.05, 0) is 18.4 Å². The van der Waals surface area contributed by atoms with Crippen LogP contribution in [0.1, 0.15) is 6.42 Å². The molecule has 0 aromatic rings. The number of hydrogen-bond donors (Lipinski definition) is 2. The quantitative estimate of drug-likeness (QED) is 0.681. The molecule has 1 heterocycles. The molecule has 5 nitrogen and oxygen atoms in total. The summed E-state index contributed by atoms with van der Waals surface area (Å²) in [6, 6.07) is -1.20. The molecule has 0 radical (unpaired) electrons. The van der Waals surface area contributed by atoms with Crippen LogP contribution in [0.2, 0.25) is 0 Å². The monoisotopic (exact) mass is 301 g/mol. The van der Waals surface area contributed by atoms with Crippen LogP contribution in [0.4, 0.5) is 0 Å². The maximum absolute atomic E-state index is 11.3. The van der Waals surface area contributed by atoms with Crippen LogP contribution in [0.5, 0.6) is 0 Å². The molecule has 1 aliphatic heterocycles. The zero-order valence-electron chi connectivity index (χ0n) is 9.43. The molecule has 0 spiro atoms. The number of alkyl halides is 1. The lowest BCUT2D eigenvalue weighted by Crippen LogP contribution is -2.47. The SMILES string of the molecule is CSCC[C@H](N[C@H]1CS(=O)(=O)C[C@@H]1Cl)C(=O)O. The predicted molar refractivity (Wildman–Crippen MR) is 69.6 cm³/mol. The predicted octanol–water partition coefficient (Wildman–Crippen LogP) is 0.187. The molecule has 0 aromatic carbocycles. The summed E-state index contributed by atoms with van der Waals surface area (Å²) in [6.45, 7) is 0. The van der Waals surface area contributed by atoms with Crippen molar-refractivity contribution in [2.45, 2.75) is 23.9 Å². The first-order valence-electron chi connectivity index (χ1n) is 5.18. The van der Waals surface area contributed by atoms with Crippen molar-refractivity contribution in [1.29, 1.82) is 0 Å². The van der Waals surface area contributed by atoms with Crippen LogP contribution in [0.3, 0.4) is 0 Å². The van der Waals surface area contributed by atoms with Gasteiger partial charge < -0.3 is 5.11 Å². The highest BCUT2D eigenvalue weighted by Crippen LogP contribution is 2.19. The number of sulfone groups is 1. The van der Waals surface area contributed by atoms with Crippen LogP contribution in [0, 0.1) is 0 Å². The van der Waals surface area contributed by atoms with Gasteiger partial charge in [0.15, 0.2) is 9.84 Å². The molecule has 1 saturated heterocycles. The Morgan fingerprint density at radius 2 is 2.24 bits per heavy atom. The van der Waals surface area contributed by atoms with Crippen molar-refractivity contribution in [1.82, 2.24) is 5.32 Å². The van der Waals surface area contributed by atoms with Gasteiger partial charge in [0.05, 0.1) is 16.9 Å². The third kappa shape index (κ3) is 4.65. The second-order valence-electron chi connectivity index (χ2n) is 4.04. The highest BCUT2D eigenvalue weighted by Gasteiger charge is 2.38. The first-order chi connectivity index (χ1) is 7.85. The minimum Gasteiger partial charge on any atom is -0.480 e. The molecule has 1 aliphatic rings. The number of thioether (sulfide) groups is 1. The lowest BCUT2D eigenvalue weighted by molar-refractivity contribution is -0.139. The maximum Gasteiger partial charge on any atom is 0.320 e. The van der Waals surface area contributed by atoms with E-state index in [2.05, 4.69) is 5.32 Å². The summed E-state index contributed by atoms with van der Waals surface area (Å²) in [5.74, 6) is -0.422. The molecule has 0 aliphatic carbocycles. The lowest BCUT2D eigenvalue weighted by Gasteiger charge is -2.20. The van der Waals surface area contributed by atoms with Gasteiger partial charge in [0.1, 0.15) is 6.04 Å². The Labute approximate surface area is 110 Å². The third-order valence-electron chi connectivity index (χ3n) is 2.61. The second-order valence-corrected chi connectivity index (χ2v) is 7.74. The van der Waals surface area contributed by atoms with E-state index in [0.29, 0.717) is 12.2 Å². The van der Waals surface area contributed by atoms with Gasteiger partial charge in [0.2, 0.25) is 0 Å². The Balaban J connectivity index is 2.58. The van der Waals surface area contributed by atoms with E-state index in [0.717, 1.165) is 0 Å². The molecule has 1 rings (SSSR count). The highest BCUT2D eigenvalue weighted by atomic mass is 35.5. The van der Waals surface area contributed by atoms with Crippen LogP contribution in [-0.2, 0) is 14.6 Å². The first-order valence-corrected chi connectivity index (χ1v) is 8.83. The largest absolute Gasteiger partial charge is 0.480 e. The molecule has 0 bridgehead atoms. The van der Waals surface area contributed by atoms with E-state index in [4.69, 9.17) is 16.7 Å². The van der Waals surface area contributed by atoms with Crippen LogP contribution in [0.15, 0.2) is 0 Å². The molecule has 3 atom stereocenters. The van der Waals surface area contributed by atoms with E-state index in [1.165, 1.54) is 0 Å². The van der Waals surface area contributed by atoms with Gasteiger partial charge >= 0.3 is 5.97 Å². The number of carbonyl (C=O) groups is 1. The molecule has 17 heavy (non-hydrogen) atoms. The first kappa shape index (κ1) is 15.1. The Morgan fingerprint density at radius 3 is 2.65 bits per heavy atom. The summed E-state index contributed by atoms with van der Waals surface area (Å²) in [4.78, 5) is 11.0. The molecule has 8 heteroatoms. The molecular formula is C9H16ClNO4S2. The Hall–Kier alpha value is 0.0200. The van der Waals surface area contributed by atoms with Gasteiger partial charge in [-0.2, -0.15) is 11.8 Å². The topological polar surface area (TPSA) is 83.5 Å². The summed E-state index contributed by atoms with van der Waals surface area (Å²) < 4.78 is 22.7. The van der Waals surface area contributed by atoms with Crippen LogP contribution < -0.4 is 5.32 Å². The minimum absolute atomic E-state index is 0.0792. The molecule has 100 valence electrons. The summed E-state index contributed by atoms with van der Waals surface area (Å²) >= 11 is 7.46. The third-order valence-corrected chi connectivity index (χ3v) is 5.63. The van der Waals surface area contributed by atoms with Gasteiger partial charge in [-0.15, -0.1) is 11.6 Å². The van der Waals surface area contributed by atoms with Crippen molar-refractivity contribution in [2.75, 3.05) is 23.5 Å². The van der Waals surface area contributed by atoms with E-state index in [1.54, 1.807) is 11.8 Å². The Kier molecular flexibility index (Phi) is 5.56. The van der Waals surface area contributed by atoms with Crippen LogP contribution in [-0.4, -0.2) is 60.5 Å². The van der Waals surface area contributed by atoms with Crippen molar-refractivity contribution in [2.24, 2.45) is 0 Å². The summed E-state index contributed by atoms with van der Waals surface area (Å²) in [7, 11) is -3.13. The number of hydrogen-bond acceptors (Lipinski definition) is 5. The van der Waals surface area contributed by atoms with E-state index >= 15 is 0 Å². The molecule has 0 amide bonds. The molecule has 0 unspecified atom stereocenters. The van der Waals surface area contributed by atoms with Crippen molar-refractivity contribution < 1.29 is 18.3 Å². The molecule has 0 aromatic heterocycles. The van der Waals surface area contributed by atoms with E-state index in [-0.39, 0.29) is 11.5 Å². The van der Waals surface area contributed by atoms with E-state index in [1.807, 2.05) is 6.26 Å². The number of nitrogens with one attached hydrogen (secondary N) is 1. The summed E-state index contributed by atoms with van der Waals surface area (Å²) in [5, 5.41) is 11.3. The normalized spacial score (nSPS) is 29.1. The fraction of sp³-hybridized carbons (Fsp3) is 0.889. The summed E-state index contributed by atoms with van der Waals surface area (Å²) in [5.41, 5.74) is 0. The van der Waals surface area contributed by atoms with Crippen LogP contribution >= 0.6 is 23.4 Å². The average Bonchev–Trinajstić information content (AvgIpc) is 2.46. The fourth-order valence-electron chi connectivity index (χ4n) is 1.73. The molecule has 0 saturated carbocycles. The fourth-order valence-corrected chi connectivity index (χ4v) is 4.77. The molecule has 2 N–H and O–H groups in total. The Bertz CT molecular complexity index is 373. The van der Waals surface area contributed by atoms with Gasteiger partial charge in [-0.25, -0.2) is 8.42 Å². The van der Waals surface area contributed by atoms with Crippen molar-refractivity contribution >= 4 is 39.2 Å². The van der Waals surface area contributed by atoms with Crippen LogP contribution in [0.25, 0.3) is 0 Å². The lowest BCUT2D eigenvalue weighted by atomic mass is 10.1. The molecule has 1 fully saturated rings. The number of rotatable bonds is 6. The van der Waals surface area contributed by atoms with Crippen molar-refractivity contribution in [3.8, 4) is 0 Å². The number of carboxylic acid groups (broad SMARTS) is 1. The summed E-state index contributed by atoms with van der Waals surface area (Å²) in [6.07, 6.45) is 2.35. The van der Waals surface area contributed by atoms with E-state index < -0.39 is 33.3 Å². The van der Waals surface area contributed by atoms with Gasteiger partial charge in [-0.3, -0.25) is 10.1 Å². The second kappa shape index (κ2) is 6.26. The standard InChI is InChI=1S/C9H16ClNO4S2/c1-16-3-2-7(9(12)13)11-8-5-17(14,15)4-6(8)10/h6-8,11H,2-5H2,1H3,(H,12,13)/t6-,7-,8-/m0/s1. The van der Waals surface area contributed by atoms with Gasteiger partial charge in [0.25, 0.3) is 0 Å². The van der Waals surface area contributed by atoms with Gasteiger partial charge in [-0.1, -0.05) is 0 Å². The zero-order valence-corrected chi connectivity index (χ0v) is 11.8. The average molecular weight is 302 g/mol. The number of carboxylic acids is 1. The smallest absolute Gasteiger partial charge is 0.320 e. The zero-order chi connectivity index (χ0) is 13.1. The number of aliphatic carboxylic acids is 1. The van der Waals surface area contributed by atoms with Gasteiger partial charge in [0, 0.05) is 6.04 Å². The van der Waals surface area contributed by atoms with Crippen molar-refractivity contribution in [3.05, 3.63) is 0 Å².